The van der Waals surface area contributed by atoms with Crippen molar-refractivity contribution in [2.75, 3.05) is 44.7 Å². The van der Waals surface area contributed by atoms with E-state index in [1.54, 1.807) is 23.1 Å². The number of rotatable bonds is 3. The van der Waals surface area contributed by atoms with E-state index < -0.39 is 0 Å². The minimum Gasteiger partial charge on any atom is -0.378 e. The maximum absolute atomic E-state index is 12.4. The molecule has 0 aliphatic carbocycles. The summed E-state index contributed by atoms with van der Waals surface area (Å²) in [6.45, 7) is 3.99. The number of nitrogens with one attached hydrogen (secondary N) is 2. The van der Waals surface area contributed by atoms with Gasteiger partial charge >= 0.3 is 0 Å². The average Bonchev–Trinajstić information content (AvgIpc) is 3.10. The molecule has 1 atom stereocenters. The molecule has 2 aliphatic rings. The largest absolute Gasteiger partial charge is 0.378 e. The second kappa shape index (κ2) is 8.29. The number of carbonyl (C=O) groups is 2. The first-order valence-corrected chi connectivity index (χ1v) is 7.73. The van der Waals surface area contributed by atoms with E-state index in [9.17, 15) is 9.59 Å². The number of carbonyl (C=O) groups excluding carboxylic acids is 2. The normalized spacial score (nSPS) is 20.7. The van der Waals surface area contributed by atoms with Crippen molar-refractivity contribution in [3.63, 3.8) is 0 Å². The third kappa shape index (κ3) is 4.43. The molecule has 2 saturated heterocycles. The zero-order chi connectivity index (χ0) is 15.4. The van der Waals surface area contributed by atoms with Crippen LogP contribution in [0.15, 0.2) is 24.3 Å². The summed E-state index contributed by atoms with van der Waals surface area (Å²) in [5.74, 6) is 0.0153. The average molecular weight is 340 g/mol. The van der Waals surface area contributed by atoms with Gasteiger partial charge in [-0.1, -0.05) is 6.07 Å². The lowest BCUT2D eigenvalue weighted by Gasteiger charge is -2.27. The number of benzene rings is 1. The fourth-order valence-electron chi connectivity index (χ4n) is 2.80. The van der Waals surface area contributed by atoms with Gasteiger partial charge in [-0.15, -0.1) is 12.4 Å². The van der Waals surface area contributed by atoms with E-state index >= 15 is 0 Å². The molecular weight excluding hydrogens is 318 g/mol. The van der Waals surface area contributed by atoms with Crippen molar-refractivity contribution < 1.29 is 14.3 Å². The first-order valence-electron chi connectivity index (χ1n) is 7.73. The zero-order valence-electron chi connectivity index (χ0n) is 12.9. The summed E-state index contributed by atoms with van der Waals surface area (Å²) in [5.41, 5.74) is 1.28. The first-order chi connectivity index (χ1) is 10.7. The molecule has 6 nitrogen and oxygen atoms in total. The predicted octanol–water partition coefficient (Wildman–Crippen LogP) is 1.13. The molecule has 1 aromatic rings. The van der Waals surface area contributed by atoms with Crippen molar-refractivity contribution in [2.45, 2.75) is 6.42 Å². The standard InChI is InChI=1S/C16H21N3O3.ClH/c20-15(13-4-5-17-11-13)18-14-3-1-2-12(10-14)16(21)19-6-8-22-9-7-19;/h1-3,10,13,17H,4-9,11H2,(H,18,20);1H. The van der Waals surface area contributed by atoms with E-state index in [-0.39, 0.29) is 30.1 Å². The van der Waals surface area contributed by atoms with Crippen molar-refractivity contribution in [1.29, 1.82) is 0 Å². The molecule has 1 aromatic carbocycles. The highest BCUT2D eigenvalue weighted by molar-refractivity contribution is 5.97. The first kappa shape index (κ1) is 17.7. The maximum atomic E-state index is 12.4. The quantitative estimate of drug-likeness (QED) is 0.866. The van der Waals surface area contributed by atoms with Crippen LogP contribution in [0.3, 0.4) is 0 Å². The lowest BCUT2D eigenvalue weighted by Crippen LogP contribution is -2.40. The molecule has 3 rings (SSSR count). The van der Waals surface area contributed by atoms with Crippen LogP contribution in [-0.2, 0) is 9.53 Å². The van der Waals surface area contributed by atoms with Crippen LogP contribution in [0.5, 0.6) is 0 Å². The Kier molecular flexibility index (Phi) is 6.38. The van der Waals surface area contributed by atoms with Crippen molar-refractivity contribution in [3.05, 3.63) is 29.8 Å². The molecular formula is C16H22ClN3O3. The Balaban J connectivity index is 0.00000192. The van der Waals surface area contributed by atoms with Gasteiger partial charge in [-0.3, -0.25) is 9.59 Å². The van der Waals surface area contributed by atoms with Crippen LogP contribution in [0.4, 0.5) is 5.69 Å². The van der Waals surface area contributed by atoms with Crippen molar-refractivity contribution in [2.24, 2.45) is 5.92 Å². The lowest BCUT2D eigenvalue weighted by molar-refractivity contribution is -0.119. The topological polar surface area (TPSA) is 70.7 Å². The van der Waals surface area contributed by atoms with Crippen LogP contribution in [-0.4, -0.2) is 56.1 Å². The van der Waals surface area contributed by atoms with E-state index in [0.717, 1.165) is 19.5 Å². The van der Waals surface area contributed by atoms with E-state index in [4.69, 9.17) is 4.74 Å². The van der Waals surface area contributed by atoms with Gasteiger partial charge < -0.3 is 20.3 Å². The number of hydrogen-bond acceptors (Lipinski definition) is 4. The lowest BCUT2D eigenvalue weighted by atomic mass is 10.1. The number of nitrogens with zero attached hydrogens (tertiary/aromatic N) is 1. The summed E-state index contributed by atoms with van der Waals surface area (Å²) in [5, 5.41) is 6.09. The minimum atomic E-state index is -0.0121. The molecule has 0 radical (unpaired) electrons. The second-order valence-corrected chi connectivity index (χ2v) is 5.66. The Morgan fingerprint density at radius 3 is 2.74 bits per heavy atom. The molecule has 2 heterocycles. The molecule has 0 aromatic heterocycles. The molecule has 2 amide bonds. The second-order valence-electron chi connectivity index (χ2n) is 5.66. The van der Waals surface area contributed by atoms with E-state index in [0.29, 0.717) is 37.6 Å². The zero-order valence-corrected chi connectivity index (χ0v) is 13.7. The van der Waals surface area contributed by atoms with Gasteiger partial charge in [0.15, 0.2) is 0 Å². The third-order valence-corrected chi connectivity index (χ3v) is 4.11. The molecule has 2 aliphatic heterocycles. The Morgan fingerprint density at radius 2 is 2.04 bits per heavy atom. The summed E-state index contributed by atoms with van der Waals surface area (Å²) in [6, 6.07) is 7.15. The van der Waals surface area contributed by atoms with E-state index in [2.05, 4.69) is 10.6 Å². The van der Waals surface area contributed by atoms with Crippen LogP contribution in [0, 0.1) is 5.92 Å². The molecule has 0 saturated carbocycles. The maximum Gasteiger partial charge on any atom is 0.254 e. The number of anilines is 1. The predicted molar refractivity (Wildman–Crippen MR) is 90.0 cm³/mol. The van der Waals surface area contributed by atoms with Crippen molar-refractivity contribution >= 4 is 29.9 Å². The summed E-state index contributed by atoms with van der Waals surface area (Å²) in [6.07, 6.45) is 0.859. The van der Waals surface area contributed by atoms with E-state index in [1.807, 2.05) is 6.07 Å². The summed E-state index contributed by atoms with van der Waals surface area (Å²) in [7, 11) is 0. The highest BCUT2D eigenvalue weighted by Gasteiger charge is 2.23. The van der Waals surface area contributed by atoms with Gasteiger partial charge in [0, 0.05) is 30.9 Å². The summed E-state index contributed by atoms with van der Waals surface area (Å²) >= 11 is 0. The van der Waals surface area contributed by atoms with Crippen molar-refractivity contribution in [3.8, 4) is 0 Å². The molecule has 0 bridgehead atoms. The molecule has 2 fully saturated rings. The molecule has 7 heteroatoms. The monoisotopic (exact) mass is 339 g/mol. The van der Waals surface area contributed by atoms with Gasteiger partial charge in [0.05, 0.1) is 19.1 Å². The Bertz CT molecular complexity index is 555. The van der Waals surface area contributed by atoms with Crippen molar-refractivity contribution in [1.82, 2.24) is 10.2 Å². The third-order valence-electron chi connectivity index (χ3n) is 4.11. The molecule has 126 valence electrons. The van der Waals surface area contributed by atoms with Crippen LogP contribution in [0.2, 0.25) is 0 Å². The summed E-state index contributed by atoms with van der Waals surface area (Å²) in [4.78, 5) is 26.4. The Labute approximate surface area is 142 Å². The molecule has 0 spiro atoms. The van der Waals surface area contributed by atoms with Gasteiger partial charge in [-0.05, 0) is 31.2 Å². The number of hydrogen-bond donors (Lipinski definition) is 2. The molecule has 1 unspecified atom stereocenters. The smallest absolute Gasteiger partial charge is 0.254 e. The van der Waals surface area contributed by atoms with Gasteiger partial charge in [-0.2, -0.15) is 0 Å². The van der Waals surface area contributed by atoms with Gasteiger partial charge in [0.25, 0.3) is 5.91 Å². The van der Waals surface area contributed by atoms with Crippen LogP contribution in [0.25, 0.3) is 0 Å². The van der Waals surface area contributed by atoms with Crippen LogP contribution in [0.1, 0.15) is 16.8 Å². The molecule has 2 N–H and O–H groups in total. The highest BCUT2D eigenvalue weighted by Crippen LogP contribution is 2.16. The number of halogens is 1. The van der Waals surface area contributed by atoms with Crippen LogP contribution >= 0.6 is 12.4 Å². The van der Waals surface area contributed by atoms with E-state index in [1.165, 1.54) is 0 Å². The van der Waals surface area contributed by atoms with Gasteiger partial charge in [0.2, 0.25) is 5.91 Å². The number of amides is 2. The molecule has 23 heavy (non-hydrogen) atoms. The minimum absolute atomic E-state index is 0. The number of ether oxygens (including phenoxy) is 1. The Morgan fingerprint density at radius 1 is 1.26 bits per heavy atom. The van der Waals surface area contributed by atoms with Gasteiger partial charge in [-0.25, -0.2) is 0 Å². The fourth-order valence-corrected chi connectivity index (χ4v) is 2.80. The summed E-state index contributed by atoms with van der Waals surface area (Å²) < 4.78 is 5.26. The fraction of sp³-hybridized carbons (Fsp3) is 0.500. The number of morpholine rings is 1. The SMILES string of the molecule is Cl.O=C(Nc1cccc(C(=O)N2CCOCC2)c1)C1CCNC1. The van der Waals surface area contributed by atoms with Crippen LogP contribution < -0.4 is 10.6 Å². The Hall–Kier alpha value is -1.63. The highest BCUT2D eigenvalue weighted by atomic mass is 35.5. The van der Waals surface area contributed by atoms with Gasteiger partial charge in [0.1, 0.15) is 0 Å².